The molecule has 0 amide bonds. The summed E-state index contributed by atoms with van der Waals surface area (Å²) in [6.45, 7) is 3.11. The Morgan fingerprint density at radius 1 is 1.68 bits per heavy atom. The van der Waals surface area contributed by atoms with Gasteiger partial charge in [-0.3, -0.25) is 10.1 Å². The van der Waals surface area contributed by atoms with Crippen molar-refractivity contribution in [3.63, 3.8) is 0 Å². The SMILES string of the molecule is C[C@H](O)c1cc([N+](=O)[O-])c(N2CCCC(CO)C2)s1. The van der Waals surface area contributed by atoms with Crippen LogP contribution in [0.4, 0.5) is 10.7 Å². The number of anilines is 1. The molecular formula is C12H18N2O4S. The van der Waals surface area contributed by atoms with Gasteiger partial charge in [-0.2, -0.15) is 0 Å². The molecule has 2 rings (SSSR count). The first-order valence-electron chi connectivity index (χ1n) is 6.35. The summed E-state index contributed by atoms with van der Waals surface area (Å²) >= 11 is 1.27. The second-order valence-corrected chi connectivity index (χ2v) is 5.97. The average molecular weight is 286 g/mol. The second kappa shape index (κ2) is 5.85. The van der Waals surface area contributed by atoms with E-state index in [9.17, 15) is 20.3 Å². The van der Waals surface area contributed by atoms with Gasteiger partial charge in [-0.15, -0.1) is 11.3 Å². The van der Waals surface area contributed by atoms with Crippen LogP contribution in [0, 0.1) is 16.0 Å². The van der Waals surface area contributed by atoms with Crippen molar-refractivity contribution in [3.8, 4) is 0 Å². The summed E-state index contributed by atoms with van der Waals surface area (Å²) in [6.07, 6.45) is 1.18. The Kier molecular flexibility index (Phi) is 4.38. The average Bonchev–Trinajstić information content (AvgIpc) is 2.84. The number of hydrogen-bond donors (Lipinski definition) is 2. The molecule has 19 heavy (non-hydrogen) atoms. The highest BCUT2D eigenvalue weighted by Gasteiger charge is 2.28. The molecule has 0 spiro atoms. The highest BCUT2D eigenvalue weighted by atomic mass is 32.1. The summed E-state index contributed by atoms with van der Waals surface area (Å²) in [6, 6.07) is 1.45. The topological polar surface area (TPSA) is 86.8 Å². The third-order valence-corrected chi connectivity index (χ3v) is 4.74. The highest BCUT2D eigenvalue weighted by Crippen LogP contribution is 2.41. The van der Waals surface area contributed by atoms with Crippen molar-refractivity contribution in [1.29, 1.82) is 0 Å². The molecular weight excluding hydrogens is 268 g/mol. The summed E-state index contributed by atoms with van der Waals surface area (Å²) in [5.74, 6) is 0.172. The molecule has 0 aliphatic carbocycles. The van der Waals surface area contributed by atoms with Crippen LogP contribution in [-0.4, -0.2) is 34.8 Å². The van der Waals surface area contributed by atoms with Crippen molar-refractivity contribution in [2.45, 2.75) is 25.9 Å². The maximum Gasteiger partial charge on any atom is 0.304 e. The molecule has 0 saturated carbocycles. The lowest BCUT2D eigenvalue weighted by Gasteiger charge is -2.32. The van der Waals surface area contributed by atoms with E-state index in [-0.39, 0.29) is 18.2 Å². The van der Waals surface area contributed by atoms with Gasteiger partial charge in [0.25, 0.3) is 0 Å². The maximum atomic E-state index is 11.1. The van der Waals surface area contributed by atoms with Gasteiger partial charge < -0.3 is 15.1 Å². The van der Waals surface area contributed by atoms with Crippen LogP contribution in [0.5, 0.6) is 0 Å². The number of thiophene rings is 1. The fourth-order valence-electron chi connectivity index (χ4n) is 2.35. The van der Waals surface area contributed by atoms with Crippen LogP contribution >= 0.6 is 11.3 Å². The molecule has 1 unspecified atom stereocenters. The monoisotopic (exact) mass is 286 g/mol. The summed E-state index contributed by atoms with van der Waals surface area (Å²) in [5.41, 5.74) is 0.0551. The molecule has 1 fully saturated rings. The van der Waals surface area contributed by atoms with Gasteiger partial charge in [0.2, 0.25) is 0 Å². The predicted octanol–water partition coefficient (Wildman–Crippen LogP) is 1.92. The molecule has 1 aromatic heterocycles. The number of nitro groups is 1. The van der Waals surface area contributed by atoms with Gasteiger partial charge in [-0.05, 0) is 25.7 Å². The minimum atomic E-state index is -0.698. The molecule has 106 valence electrons. The van der Waals surface area contributed by atoms with Gasteiger partial charge in [-0.1, -0.05) is 0 Å². The van der Waals surface area contributed by atoms with Crippen molar-refractivity contribution in [3.05, 3.63) is 21.1 Å². The molecule has 1 saturated heterocycles. The smallest absolute Gasteiger partial charge is 0.304 e. The Hall–Kier alpha value is -1.18. The van der Waals surface area contributed by atoms with Gasteiger partial charge in [0.05, 0.1) is 11.0 Å². The van der Waals surface area contributed by atoms with Crippen LogP contribution in [-0.2, 0) is 0 Å². The molecule has 2 heterocycles. The normalized spacial score (nSPS) is 21.4. The highest BCUT2D eigenvalue weighted by molar-refractivity contribution is 7.16. The van der Waals surface area contributed by atoms with Gasteiger partial charge in [0, 0.05) is 30.6 Å². The first kappa shape index (κ1) is 14.2. The lowest BCUT2D eigenvalue weighted by molar-refractivity contribution is -0.383. The third kappa shape index (κ3) is 3.05. The van der Waals surface area contributed by atoms with Crippen molar-refractivity contribution in [1.82, 2.24) is 0 Å². The Labute approximate surface area is 115 Å². The number of aliphatic hydroxyl groups is 2. The quantitative estimate of drug-likeness (QED) is 0.652. The summed E-state index contributed by atoms with van der Waals surface area (Å²) in [7, 11) is 0. The Bertz CT molecular complexity index is 461. The molecule has 2 N–H and O–H groups in total. The molecule has 0 aromatic carbocycles. The fourth-order valence-corrected chi connectivity index (χ4v) is 3.45. The molecule has 1 aliphatic heterocycles. The Morgan fingerprint density at radius 2 is 2.42 bits per heavy atom. The van der Waals surface area contributed by atoms with Gasteiger partial charge in [0.15, 0.2) is 5.00 Å². The van der Waals surface area contributed by atoms with E-state index in [0.29, 0.717) is 16.4 Å². The molecule has 0 radical (unpaired) electrons. The van der Waals surface area contributed by atoms with E-state index in [4.69, 9.17) is 0 Å². The van der Waals surface area contributed by atoms with Crippen LogP contribution < -0.4 is 4.90 Å². The van der Waals surface area contributed by atoms with E-state index in [0.717, 1.165) is 19.4 Å². The predicted molar refractivity (Wildman–Crippen MR) is 73.6 cm³/mol. The van der Waals surface area contributed by atoms with Crippen LogP contribution in [0.3, 0.4) is 0 Å². The molecule has 7 heteroatoms. The van der Waals surface area contributed by atoms with E-state index in [2.05, 4.69) is 0 Å². The minimum absolute atomic E-state index is 0.0551. The van der Waals surface area contributed by atoms with Crippen molar-refractivity contribution >= 4 is 22.0 Å². The number of rotatable bonds is 4. The molecule has 1 aliphatic rings. The largest absolute Gasteiger partial charge is 0.396 e. The third-order valence-electron chi connectivity index (χ3n) is 3.39. The lowest BCUT2D eigenvalue weighted by atomic mass is 9.99. The first-order chi connectivity index (χ1) is 9.02. The number of piperidine rings is 1. The van der Waals surface area contributed by atoms with Crippen LogP contribution in [0.1, 0.15) is 30.7 Å². The van der Waals surface area contributed by atoms with E-state index in [1.165, 1.54) is 17.4 Å². The molecule has 1 aromatic rings. The number of aliphatic hydroxyl groups excluding tert-OH is 2. The van der Waals surface area contributed by atoms with E-state index in [1.807, 2.05) is 4.90 Å². The molecule has 2 atom stereocenters. The Morgan fingerprint density at radius 3 is 3.00 bits per heavy atom. The van der Waals surface area contributed by atoms with Crippen LogP contribution in [0.25, 0.3) is 0 Å². The van der Waals surface area contributed by atoms with Crippen LogP contribution in [0.15, 0.2) is 6.07 Å². The second-order valence-electron chi connectivity index (χ2n) is 4.91. The minimum Gasteiger partial charge on any atom is -0.396 e. The van der Waals surface area contributed by atoms with Gasteiger partial charge in [-0.25, -0.2) is 0 Å². The first-order valence-corrected chi connectivity index (χ1v) is 7.16. The zero-order valence-electron chi connectivity index (χ0n) is 10.8. The van der Waals surface area contributed by atoms with Crippen molar-refractivity contribution in [2.24, 2.45) is 5.92 Å². The van der Waals surface area contributed by atoms with Crippen molar-refractivity contribution in [2.75, 3.05) is 24.6 Å². The number of hydrogen-bond acceptors (Lipinski definition) is 6. The number of nitrogens with zero attached hydrogens (tertiary/aromatic N) is 2. The molecule has 0 bridgehead atoms. The maximum absolute atomic E-state index is 11.1. The van der Waals surface area contributed by atoms with Gasteiger partial charge in [0.1, 0.15) is 0 Å². The van der Waals surface area contributed by atoms with E-state index in [1.54, 1.807) is 6.92 Å². The van der Waals surface area contributed by atoms with Crippen molar-refractivity contribution < 1.29 is 15.1 Å². The summed E-state index contributed by atoms with van der Waals surface area (Å²) in [4.78, 5) is 13.3. The zero-order chi connectivity index (χ0) is 14.0. The summed E-state index contributed by atoms with van der Waals surface area (Å²) in [5, 5.41) is 30.5. The van der Waals surface area contributed by atoms with Crippen LogP contribution in [0.2, 0.25) is 0 Å². The molecule has 6 nitrogen and oxygen atoms in total. The van der Waals surface area contributed by atoms with E-state index < -0.39 is 11.0 Å². The standard InChI is InChI=1S/C12H18N2O4S/c1-8(16)11-5-10(14(17)18)12(19-11)13-4-2-3-9(6-13)7-15/h5,8-9,15-16H,2-4,6-7H2,1H3/t8-,9?/m0/s1. The lowest BCUT2D eigenvalue weighted by Crippen LogP contribution is -2.36. The zero-order valence-corrected chi connectivity index (χ0v) is 11.6. The van der Waals surface area contributed by atoms with Gasteiger partial charge >= 0.3 is 5.69 Å². The summed E-state index contributed by atoms with van der Waals surface area (Å²) < 4.78 is 0. The fraction of sp³-hybridized carbons (Fsp3) is 0.667. The Balaban J connectivity index is 2.29. The van der Waals surface area contributed by atoms with E-state index >= 15 is 0 Å².